The molecule has 0 bridgehead atoms. The van der Waals surface area contributed by atoms with Gasteiger partial charge in [0.25, 0.3) is 0 Å². The smallest absolute Gasteiger partial charge is 0.163 e. The van der Waals surface area contributed by atoms with E-state index in [1.54, 1.807) is 61.1 Å². The molecule has 14 aromatic rings. The predicted octanol–water partition coefficient (Wildman–Crippen LogP) is 22.4. The minimum Gasteiger partial charge on any atom is -0.360 e. The van der Waals surface area contributed by atoms with E-state index in [1.165, 1.54) is 0 Å². The van der Waals surface area contributed by atoms with Crippen molar-refractivity contribution < 1.29 is 28.6 Å². The molecule has 6 aromatic carbocycles. The molecule has 3 atom stereocenters. The van der Waals surface area contributed by atoms with Gasteiger partial charge in [-0.15, -0.1) is 54.4 Å². The third-order valence-corrected chi connectivity index (χ3v) is 26.2. The summed E-state index contributed by atoms with van der Waals surface area (Å²) >= 11 is 23.7. The third-order valence-electron chi connectivity index (χ3n) is 22.1. The first-order valence-electron chi connectivity index (χ1n) is 41.7. The van der Waals surface area contributed by atoms with Crippen molar-refractivity contribution >= 4 is 134 Å². The molecule has 0 amide bonds. The van der Waals surface area contributed by atoms with Crippen molar-refractivity contribution in [3.63, 3.8) is 0 Å². The molecule has 0 spiro atoms. The van der Waals surface area contributed by atoms with Crippen LogP contribution in [0.2, 0.25) is 15.1 Å². The Bertz CT molecular complexity index is 6310. The quantitative estimate of drug-likeness (QED) is 0.0732. The van der Waals surface area contributed by atoms with Gasteiger partial charge in [0.1, 0.15) is 62.9 Å². The molecule has 642 valence electrons. The van der Waals surface area contributed by atoms with Crippen LogP contribution in [0, 0.1) is 27.7 Å². The SMILES string of the molecule is CC(=O)[C@@H](OC(C)(C)C)c1c(C)cc2nc(-c3ccnc(N4CCN(C(C)C)CC4)c3)sc2c1-c1ccc(Cl)cc1.CC(=O)[C@@H](OC(C)(C)C)c1c(C)cc2nc(-c3ccnc(N4CCn5c(C)nnc5C4)c3)sc2c1-c1ccc(Cl)cc1.CC(=O)[C@@H](OC(C)(C)C)c1c(C)cc2nc(-c3ccnc(N4CCn5cnnc5C4)c3)sc2c1-c1ccc(Cl)cc1. The molecule has 11 heterocycles. The van der Waals surface area contributed by atoms with Crippen molar-refractivity contribution in [3.8, 4) is 65.1 Å². The average molecular weight is 1780 g/mol. The lowest BCUT2D eigenvalue weighted by molar-refractivity contribution is -0.139. The first-order valence-corrected chi connectivity index (χ1v) is 45.3. The van der Waals surface area contributed by atoms with E-state index in [1.807, 2.05) is 200 Å². The van der Waals surface area contributed by atoms with E-state index in [9.17, 15) is 14.4 Å². The number of anilines is 3. The van der Waals surface area contributed by atoms with Crippen molar-refractivity contribution in [2.45, 2.75) is 192 Å². The number of nitrogens with zero attached hydrogens (tertiary/aromatic N) is 16. The summed E-state index contributed by atoms with van der Waals surface area (Å²) in [7, 11) is 0. The second-order valence-corrected chi connectivity index (χ2v) is 39.5. The molecule has 1 fully saturated rings. The van der Waals surface area contributed by atoms with Crippen molar-refractivity contribution in [2.24, 2.45) is 0 Å². The number of Topliss-reactive ketones (excluding diaryl/α,β-unsaturated/α-hetero) is 3. The number of carbonyl (C=O) groups excluding carboxylic acids is 3. The maximum absolute atomic E-state index is 13.1. The van der Waals surface area contributed by atoms with E-state index in [4.69, 9.17) is 68.9 Å². The summed E-state index contributed by atoms with van der Waals surface area (Å²) < 4.78 is 26.4. The van der Waals surface area contributed by atoms with Crippen molar-refractivity contribution in [3.05, 3.63) is 218 Å². The van der Waals surface area contributed by atoms with Crippen LogP contribution in [0.1, 0.15) is 166 Å². The Hall–Kier alpha value is -10.2. The summed E-state index contributed by atoms with van der Waals surface area (Å²) in [6.07, 6.45) is 5.18. The number of aryl methyl sites for hydroxylation is 4. The molecule has 124 heavy (non-hydrogen) atoms. The number of benzene rings is 6. The standard InChI is InChI=1S/C33H39ClN4O2S.C32H33ClN6O2S.C31H31ClN6O2S/c1-20(2)37-14-16-38(17-15-37)27-19-24(12-13-35-27)32-36-26-18-21(3)28(30(22(4)39)40-33(5,6)7)29(31(26)41-32)23-8-10-25(34)11-9-23;1-18-15-24-30(28(21-7-9-23(33)10-8-21)27(18)29(19(2)40)41-32(4,5)6)42-31(35-24)22-11-12-34-25(16-22)38-13-14-39-20(3)36-37-26(39)17-38;1-18-14-23-29(27(20-6-8-22(32)9-7-20)26(18)28(19(2)39)40-31(3,4)5)41-30(35-23)21-10-11-33-24(15-21)37-12-13-38-17-34-36-25(38)16-37/h8-13,18-20,30H,14-17H2,1-7H3;7-12,15-16,29H,13-14,17H2,1-6H3;6-11,14-15,17,28H,12-13,16H2,1-5H3/t30-;29-;28-/m111/s1. The van der Waals surface area contributed by atoms with E-state index in [2.05, 4.69) is 109 Å². The highest BCUT2D eigenvalue weighted by Crippen LogP contribution is 2.50. The molecular formula is C96H103Cl3N16O6S3. The Labute approximate surface area is 751 Å². The number of hydrogen-bond donors (Lipinski definition) is 0. The van der Waals surface area contributed by atoms with Crippen LogP contribution in [-0.2, 0) is 54.8 Å². The van der Waals surface area contributed by atoms with Crippen LogP contribution in [0.25, 0.3) is 95.7 Å². The highest BCUT2D eigenvalue weighted by molar-refractivity contribution is 7.23. The number of rotatable bonds is 19. The lowest BCUT2D eigenvalue weighted by atomic mass is 9.90. The summed E-state index contributed by atoms with van der Waals surface area (Å²) in [5.41, 5.74) is 15.4. The first kappa shape index (κ1) is 88.7. The number of carbonyl (C=O) groups is 3. The number of piperazine rings is 1. The molecule has 0 radical (unpaired) electrons. The van der Waals surface area contributed by atoms with Crippen LogP contribution in [0.15, 0.2) is 152 Å². The van der Waals surface area contributed by atoms with Crippen LogP contribution in [0.5, 0.6) is 0 Å². The summed E-state index contributed by atoms with van der Waals surface area (Å²) in [6, 6.07) is 42.4. The number of halogens is 3. The van der Waals surface area contributed by atoms with Crippen LogP contribution in [-0.4, -0.2) is 144 Å². The third kappa shape index (κ3) is 19.7. The summed E-state index contributed by atoms with van der Waals surface area (Å²) in [4.78, 5) is 77.8. The number of fused-ring (bicyclic) bond motifs is 5. The van der Waals surface area contributed by atoms with Gasteiger partial charge in [0, 0.05) is 142 Å². The van der Waals surface area contributed by atoms with Gasteiger partial charge in [0.15, 0.2) is 29.0 Å². The Morgan fingerprint density at radius 3 is 1.09 bits per heavy atom. The van der Waals surface area contributed by atoms with Gasteiger partial charge in [-0.2, -0.15) is 0 Å². The highest BCUT2D eigenvalue weighted by Gasteiger charge is 2.36. The molecule has 17 rings (SSSR count). The second kappa shape index (κ2) is 36.4. The Morgan fingerprint density at radius 2 is 0.742 bits per heavy atom. The van der Waals surface area contributed by atoms with Crippen LogP contribution in [0.3, 0.4) is 0 Å². The van der Waals surface area contributed by atoms with Crippen molar-refractivity contribution in [1.82, 2.24) is 64.3 Å². The minimum absolute atomic E-state index is 0.0290. The molecular weight excluding hydrogens is 1680 g/mol. The lowest BCUT2D eigenvalue weighted by Crippen LogP contribution is -2.49. The number of hydrogen-bond acceptors (Lipinski definition) is 23. The van der Waals surface area contributed by atoms with E-state index in [0.717, 1.165) is 216 Å². The maximum atomic E-state index is 13.1. The fourth-order valence-electron chi connectivity index (χ4n) is 16.2. The van der Waals surface area contributed by atoms with Gasteiger partial charge in [0.2, 0.25) is 0 Å². The molecule has 3 aliphatic heterocycles. The van der Waals surface area contributed by atoms with E-state index >= 15 is 0 Å². The molecule has 0 N–H and O–H groups in total. The number of thiazole rings is 3. The summed E-state index contributed by atoms with van der Waals surface area (Å²) in [5, 5.41) is 21.5. The molecule has 22 nitrogen and oxygen atoms in total. The topological polar surface area (TPSA) is 231 Å². The number of pyridine rings is 3. The molecule has 3 aliphatic rings. The summed E-state index contributed by atoms with van der Waals surface area (Å²) in [5.74, 6) is 5.43. The number of aromatic nitrogens is 12. The molecule has 8 aromatic heterocycles. The highest BCUT2D eigenvalue weighted by atomic mass is 35.5. The van der Waals surface area contributed by atoms with E-state index in [-0.39, 0.29) is 17.3 Å². The van der Waals surface area contributed by atoms with Gasteiger partial charge in [-0.25, -0.2) is 29.9 Å². The summed E-state index contributed by atoms with van der Waals surface area (Å²) in [6.45, 7) is 43.7. The normalized spacial score (nSPS) is 14.7. The Balaban J connectivity index is 0.000000144. The van der Waals surface area contributed by atoms with Gasteiger partial charge < -0.3 is 38.0 Å². The monoisotopic (exact) mass is 1780 g/mol. The zero-order valence-electron chi connectivity index (χ0n) is 73.3. The largest absolute Gasteiger partial charge is 0.360 e. The predicted molar refractivity (Wildman–Crippen MR) is 503 cm³/mol. The molecule has 0 saturated carbocycles. The average Bonchev–Trinajstić information content (AvgIpc) is 1.51. The lowest BCUT2D eigenvalue weighted by Gasteiger charge is -2.37. The van der Waals surface area contributed by atoms with Gasteiger partial charge in [-0.05, 0) is 249 Å². The number of ether oxygens (including phenoxy) is 3. The molecule has 1 saturated heterocycles. The van der Waals surface area contributed by atoms with E-state index in [0.29, 0.717) is 34.2 Å². The fraction of sp³-hybridized carbons (Fsp3) is 0.365. The van der Waals surface area contributed by atoms with Gasteiger partial charge in [-0.1, -0.05) is 71.2 Å². The van der Waals surface area contributed by atoms with Crippen LogP contribution in [0.4, 0.5) is 17.5 Å². The molecule has 0 aliphatic carbocycles. The zero-order valence-corrected chi connectivity index (χ0v) is 78.0. The minimum atomic E-state index is -0.719. The Kier molecular flexibility index (Phi) is 26.1. The van der Waals surface area contributed by atoms with Crippen molar-refractivity contribution in [1.29, 1.82) is 0 Å². The van der Waals surface area contributed by atoms with Crippen LogP contribution < -0.4 is 14.7 Å². The molecule has 0 unspecified atom stereocenters. The fourth-order valence-corrected chi connectivity index (χ4v) is 20.0. The number of ketones is 3. The first-order chi connectivity index (χ1) is 59.0. The molecule has 28 heteroatoms. The van der Waals surface area contributed by atoms with Gasteiger partial charge in [-0.3, -0.25) is 19.3 Å². The zero-order chi connectivity index (χ0) is 88.1. The van der Waals surface area contributed by atoms with Crippen molar-refractivity contribution in [2.75, 3.05) is 54.0 Å². The second-order valence-electron chi connectivity index (χ2n) is 35.2. The Morgan fingerprint density at radius 1 is 0.403 bits per heavy atom. The van der Waals surface area contributed by atoms with Gasteiger partial charge in [0.05, 0.1) is 60.5 Å². The van der Waals surface area contributed by atoms with Crippen LogP contribution >= 0.6 is 68.8 Å². The van der Waals surface area contributed by atoms with Gasteiger partial charge >= 0.3 is 0 Å². The maximum Gasteiger partial charge on any atom is 0.163 e. The van der Waals surface area contributed by atoms with E-state index < -0.39 is 35.1 Å².